The third kappa shape index (κ3) is 2.37. The second-order valence-corrected chi connectivity index (χ2v) is 7.97. The van der Waals surface area contributed by atoms with Gasteiger partial charge in [-0.2, -0.15) is 0 Å². The van der Waals surface area contributed by atoms with Gasteiger partial charge in [0.25, 0.3) is 5.91 Å². The molecule has 0 bridgehead atoms. The molecule has 0 aliphatic carbocycles. The van der Waals surface area contributed by atoms with Crippen LogP contribution in [0.2, 0.25) is 5.02 Å². The summed E-state index contributed by atoms with van der Waals surface area (Å²) in [5, 5.41) is 1.50. The summed E-state index contributed by atoms with van der Waals surface area (Å²) >= 11 is 6.16. The maximum atomic E-state index is 13.4. The van der Waals surface area contributed by atoms with Gasteiger partial charge in [-0.15, -0.1) is 0 Å². The van der Waals surface area contributed by atoms with Crippen LogP contribution in [0.5, 0.6) is 0 Å². The van der Waals surface area contributed by atoms with E-state index in [1.165, 1.54) is 0 Å². The predicted octanol–water partition coefficient (Wildman–Crippen LogP) is 4.09. The van der Waals surface area contributed by atoms with Crippen LogP contribution < -0.4 is 0 Å². The number of nitrogens with zero attached hydrogens (tertiary/aromatic N) is 3. The van der Waals surface area contributed by atoms with E-state index in [1.54, 1.807) is 6.20 Å². The molecule has 1 aliphatic rings. The minimum absolute atomic E-state index is 0.00751. The number of hydrogen-bond donors (Lipinski definition) is 1. The molecule has 1 aromatic carbocycles. The number of aromatic nitrogens is 3. The highest BCUT2D eigenvalue weighted by Crippen LogP contribution is 2.48. The van der Waals surface area contributed by atoms with E-state index in [-0.39, 0.29) is 17.4 Å². The first-order valence-electron chi connectivity index (χ1n) is 8.35. The number of halogens is 1. The molecule has 1 unspecified atom stereocenters. The zero-order valence-corrected chi connectivity index (χ0v) is 15.6. The highest BCUT2D eigenvalue weighted by molar-refractivity contribution is 6.31. The fourth-order valence-electron chi connectivity index (χ4n) is 3.96. The van der Waals surface area contributed by atoms with E-state index in [0.717, 1.165) is 22.4 Å². The van der Waals surface area contributed by atoms with Gasteiger partial charge in [0.2, 0.25) is 0 Å². The Balaban J connectivity index is 1.78. The van der Waals surface area contributed by atoms with Gasteiger partial charge < -0.3 is 14.5 Å². The van der Waals surface area contributed by atoms with Crippen molar-refractivity contribution in [1.82, 2.24) is 19.4 Å². The number of likely N-dealkylation sites (tertiary alicyclic amines) is 1. The molecule has 1 aliphatic heterocycles. The lowest BCUT2D eigenvalue weighted by molar-refractivity contribution is -0.0374. The molecule has 1 atom stereocenters. The van der Waals surface area contributed by atoms with Gasteiger partial charge in [-0.25, -0.2) is 4.98 Å². The largest absolute Gasteiger partial charge is 0.358 e. The van der Waals surface area contributed by atoms with Crippen molar-refractivity contribution < 1.29 is 4.79 Å². The highest BCUT2D eigenvalue weighted by Gasteiger charge is 2.51. The summed E-state index contributed by atoms with van der Waals surface area (Å²) in [6.07, 6.45) is 3.70. The summed E-state index contributed by atoms with van der Waals surface area (Å²) in [5.41, 5.74) is 2.49. The Morgan fingerprint density at radius 2 is 2.16 bits per heavy atom. The zero-order chi connectivity index (χ0) is 17.9. The molecule has 1 amide bonds. The molecule has 4 rings (SSSR count). The molecule has 25 heavy (non-hydrogen) atoms. The zero-order valence-electron chi connectivity index (χ0n) is 14.8. The smallest absolute Gasteiger partial charge is 0.256 e. The second kappa shape index (κ2) is 5.36. The van der Waals surface area contributed by atoms with Gasteiger partial charge in [0, 0.05) is 53.0 Å². The molecule has 3 heterocycles. The summed E-state index contributed by atoms with van der Waals surface area (Å²) in [6.45, 7) is 6.99. The normalized spacial score (nSPS) is 19.2. The van der Waals surface area contributed by atoms with E-state index in [4.69, 9.17) is 11.6 Å². The van der Waals surface area contributed by atoms with Crippen LogP contribution in [-0.2, 0) is 7.05 Å². The third-order valence-electron chi connectivity index (χ3n) is 5.16. The Morgan fingerprint density at radius 3 is 2.80 bits per heavy atom. The van der Waals surface area contributed by atoms with Crippen molar-refractivity contribution in [3.8, 4) is 0 Å². The van der Waals surface area contributed by atoms with Gasteiger partial charge in [-0.1, -0.05) is 25.4 Å². The number of aromatic amines is 1. The molecular formula is C19H21ClN4O. The Morgan fingerprint density at radius 1 is 1.40 bits per heavy atom. The van der Waals surface area contributed by atoms with Crippen molar-refractivity contribution in [2.45, 2.75) is 26.8 Å². The lowest BCUT2D eigenvalue weighted by atomic mass is 9.74. The first-order chi connectivity index (χ1) is 11.8. The highest BCUT2D eigenvalue weighted by atomic mass is 35.5. The van der Waals surface area contributed by atoms with Crippen molar-refractivity contribution in [2.24, 2.45) is 12.5 Å². The maximum Gasteiger partial charge on any atom is 0.256 e. The monoisotopic (exact) mass is 356 g/mol. The number of H-pyrrole nitrogens is 1. The van der Waals surface area contributed by atoms with Crippen LogP contribution in [0, 0.1) is 12.3 Å². The Hall–Kier alpha value is -2.27. The molecule has 6 heteroatoms. The van der Waals surface area contributed by atoms with Gasteiger partial charge in [0.1, 0.15) is 5.82 Å². The van der Waals surface area contributed by atoms with Gasteiger partial charge in [-0.3, -0.25) is 4.79 Å². The van der Waals surface area contributed by atoms with E-state index >= 15 is 0 Å². The van der Waals surface area contributed by atoms with Gasteiger partial charge in [-0.05, 0) is 25.1 Å². The second-order valence-electron chi connectivity index (χ2n) is 7.54. The Labute approximate surface area is 151 Å². The average Bonchev–Trinajstić information content (AvgIpc) is 3.07. The van der Waals surface area contributed by atoms with E-state index in [0.29, 0.717) is 17.1 Å². The molecule has 2 aromatic heterocycles. The summed E-state index contributed by atoms with van der Waals surface area (Å²) in [4.78, 5) is 23.1. The molecule has 130 valence electrons. The molecule has 1 N–H and O–H groups in total. The van der Waals surface area contributed by atoms with Crippen molar-refractivity contribution in [3.63, 3.8) is 0 Å². The third-order valence-corrected chi connectivity index (χ3v) is 5.39. The average molecular weight is 357 g/mol. The minimum Gasteiger partial charge on any atom is -0.358 e. The molecule has 3 aromatic rings. The van der Waals surface area contributed by atoms with Crippen LogP contribution in [0.3, 0.4) is 0 Å². The number of nitrogens with one attached hydrogen (secondary N) is 1. The minimum atomic E-state index is -0.0384. The predicted molar refractivity (Wildman–Crippen MR) is 98.8 cm³/mol. The number of carbonyl (C=O) groups is 1. The Bertz CT molecular complexity index is 985. The van der Waals surface area contributed by atoms with Crippen LogP contribution in [0.25, 0.3) is 10.9 Å². The van der Waals surface area contributed by atoms with Crippen LogP contribution in [-0.4, -0.2) is 31.9 Å². The van der Waals surface area contributed by atoms with Crippen molar-refractivity contribution >= 4 is 28.4 Å². The van der Waals surface area contributed by atoms with Crippen LogP contribution in [0.4, 0.5) is 0 Å². The lowest BCUT2D eigenvalue weighted by Gasteiger charge is -2.53. The summed E-state index contributed by atoms with van der Waals surface area (Å²) in [7, 11) is 1.97. The number of hydrogen-bond acceptors (Lipinski definition) is 2. The Kier molecular flexibility index (Phi) is 3.48. The summed E-state index contributed by atoms with van der Waals surface area (Å²) < 4.78 is 1.99. The van der Waals surface area contributed by atoms with Gasteiger partial charge in [0.05, 0.1) is 11.6 Å². The number of benzene rings is 1. The first kappa shape index (κ1) is 16.2. The number of imidazole rings is 1. The van der Waals surface area contributed by atoms with Crippen LogP contribution in [0.15, 0.2) is 30.6 Å². The van der Waals surface area contributed by atoms with Gasteiger partial charge in [0.15, 0.2) is 0 Å². The maximum absolute atomic E-state index is 13.4. The van der Waals surface area contributed by atoms with E-state index in [1.807, 2.05) is 47.8 Å². The fraction of sp³-hybridized carbons (Fsp3) is 0.368. The fourth-order valence-corrected chi connectivity index (χ4v) is 4.13. The van der Waals surface area contributed by atoms with Crippen LogP contribution >= 0.6 is 11.6 Å². The number of carbonyl (C=O) groups excluding carboxylic acids is 1. The van der Waals surface area contributed by atoms with Gasteiger partial charge >= 0.3 is 0 Å². The van der Waals surface area contributed by atoms with Crippen molar-refractivity contribution in [3.05, 3.63) is 52.7 Å². The first-order valence-corrected chi connectivity index (χ1v) is 8.73. The SMILES string of the molecule is Cc1[nH]c2ccc(Cl)cc2c1C(=O)N1CC(C)(C)C1c1nccn1C. The quantitative estimate of drug-likeness (QED) is 0.752. The molecular weight excluding hydrogens is 336 g/mol. The molecule has 0 radical (unpaired) electrons. The van der Waals surface area contributed by atoms with Crippen molar-refractivity contribution in [2.75, 3.05) is 6.54 Å². The molecule has 0 spiro atoms. The molecule has 1 fully saturated rings. The lowest BCUT2D eigenvalue weighted by Crippen LogP contribution is -2.58. The topological polar surface area (TPSA) is 53.9 Å². The van der Waals surface area contributed by atoms with Crippen molar-refractivity contribution in [1.29, 1.82) is 0 Å². The van der Waals surface area contributed by atoms with E-state index in [9.17, 15) is 4.79 Å². The standard InChI is InChI=1S/C19H21ClN4O/c1-11-15(13-9-12(20)5-6-14(13)22-11)18(25)24-10-19(2,3)16(24)17-21-7-8-23(17)4/h5-9,16,22H,10H2,1-4H3. The summed E-state index contributed by atoms with van der Waals surface area (Å²) in [6, 6.07) is 5.56. The van der Waals surface area contributed by atoms with Crippen LogP contribution in [0.1, 0.15) is 41.8 Å². The number of aryl methyl sites for hydroxylation is 2. The summed E-state index contributed by atoms with van der Waals surface area (Å²) in [5.74, 6) is 0.943. The molecule has 5 nitrogen and oxygen atoms in total. The van der Waals surface area contributed by atoms with E-state index < -0.39 is 0 Å². The number of rotatable bonds is 2. The van der Waals surface area contributed by atoms with E-state index in [2.05, 4.69) is 23.8 Å². The number of amides is 1. The molecule has 1 saturated heterocycles. The molecule has 0 saturated carbocycles. The number of fused-ring (bicyclic) bond motifs is 1.